The number of rotatable bonds is 6. The van der Waals surface area contributed by atoms with Gasteiger partial charge in [-0.1, -0.05) is 82.3 Å². The molecule has 1 fully saturated rings. The van der Waals surface area contributed by atoms with Crippen molar-refractivity contribution in [3.63, 3.8) is 0 Å². The smallest absolute Gasteiger partial charge is 0.178 e. The topological polar surface area (TPSA) is 50.1 Å². The molecule has 1 aliphatic heterocycles. The Morgan fingerprint density at radius 3 is 1.85 bits per heavy atom. The van der Waals surface area contributed by atoms with Crippen molar-refractivity contribution in [2.24, 2.45) is 10.8 Å². The van der Waals surface area contributed by atoms with Crippen molar-refractivity contribution in [2.45, 2.75) is 58.0 Å². The van der Waals surface area contributed by atoms with E-state index in [1.54, 1.807) is 27.6 Å². The van der Waals surface area contributed by atoms with Crippen LogP contribution in [0.3, 0.4) is 0 Å². The van der Waals surface area contributed by atoms with Crippen molar-refractivity contribution in [2.75, 3.05) is 21.3 Å². The Hall–Kier alpha value is -5.42. The van der Waals surface area contributed by atoms with Gasteiger partial charge in [-0.15, -0.1) is 0 Å². The first-order valence-electron chi connectivity index (χ1n) is 18.5. The Morgan fingerprint density at radius 2 is 1.26 bits per heavy atom. The predicted octanol–water partition coefficient (Wildman–Crippen LogP) is 12.0. The number of benzene rings is 5. The lowest BCUT2D eigenvalue weighted by molar-refractivity contribution is 0.0642. The molecule has 0 bridgehead atoms. The number of hydrogen-bond acceptors (Lipinski definition) is 5. The van der Waals surface area contributed by atoms with Crippen LogP contribution < -0.4 is 18.9 Å². The normalized spacial score (nSPS) is 18.2. The van der Waals surface area contributed by atoms with E-state index in [0.29, 0.717) is 0 Å². The van der Waals surface area contributed by atoms with Gasteiger partial charge >= 0.3 is 0 Å². The van der Waals surface area contributed by atoms with E-state index in [0.717, 1.165) is 74.6 Å². The highest BCUT2D eigenvalue weighted by molar-refractivity contribution is 6.10. The summed E-state index contributed by atoms with van der Waals surface area (Å²) in [7, 11) is 5.13. The van der Waals surface area contributed by atoms with E-state index < -0.39 is 5.60 Å². The third-order valence-electron chi connectivity index (χ3n) is 11.9. The second kappa shape index (κ2) is 11.8. The third kappa shape index (κ3) is 5.04. The minimum Gasteiger partial charge on any atom is -0.497 e. The highest BCUT2D eigenvalue weighted by Gasteiger charge is 2.55. The van der Waals surface area contributed by atoms with Gasteiger partial charge in [-0.05, 0) is 112 Å². The third-order valence-corrected chi connectivity index (χ3v) is 11.9. The molecule has 1 saturated carbocycles. The van der Waals surface area contributed by atoms with Crippen LogP contribution in [0, 0.1) is 10.8 Å². The summed E-state index contributed by atoms with van der Waals surface area (Å²) in [4.78, 5) is 0. The monoisotopic (exact) mass is 702 g/mol. The molecule has 53 heavy (non-hydrogen) atoms. The molecular weight excluding hydrogens is 657 g/mol. The molecule has 9 rings (SSSR count). The van der Waals surface area contributed by atoms with Crippen LogP contribution in [-0.4, -0.2) is 21.3 Å². The van der Waals surface area contributed by atoms with Crippen LogP contribution >= 0.6 is 0 Å². The Balaban J connectivity index is 1.41. The molecule has 2 heterocycles. The molecule has 268 valence electrons. The molecule has 3 aliphatic rings. The molecule has 5 heteroatoms. The van der Waals surface area contributed by atoms with Crippen LogP contribution in [0.25, 0.3) is 39.3 Å². The van der Waals surface area contributed by atoms with E-state index >= 15 is 0 Å². The Bertz CT molecular complexity index is 2330. The number of fused-ring (bicyclic) bond motifs is 10. The highest BCUT2D eigenvalue weighted by Crippen LogP contribution is 2.67. The average molecular weight is 703 g/mol. The van der Waals surface area contributed by atoms with Gasteiger partial charge in [-0.25, -0.2) is 0 Å². The largest absolute Gasteiger partial charge is 0.497 e. The zero-order valence-electron chi connectivity index (χ0n) is 31.6. The van der Waals surface area contributed by atoms with Gasteiger partial charge < -0.3 is 23.4 Å². The minimum atomic E-state index is -0.943. The van der Waals surface area contributed by atoms with Crippen LogP contribution in [0.15, 0.2) is 114 Å². The van der Waals surface area contributed by atoms with Crippen molar-refractivity contribution >= 4 is 16.8 Å². The van der Waals surface area contributed by atoms with Crippen molar-refractivity contribution in [3.8, 4) is 45.4 Å². The van der Waals surface area contributed by atoms with Gasteiger partial charge in [0.25, 0.3) is 0 Å². The predicted molar refractivity (Wildman–Crippen MR) is 212 cm³/mol. The van der Waals surface area contributed by atoms with E-state index in [-0.39, 0.29) is 16.2 Å². The molecule has 0 atom stereocenters. The summed E-state index contributed by atoms with van der Waals surface area (Å²) in [5, 5.41) is 2.13. The van der Waals surface area contributed by atoms with Crippen molar-refractivity contribution in [1.29, 1.82) is 0 Å². The Kier molecular flexibility index (Phi) is 7.44. The maximum atomic E-state index is 7.72. The summed E-state index contributed by atoms with van der Waals surface area (Å²) in [5.41, 5.74) is 8.46. The van der Waals surface area contributed by atoms with E-state index in [4.69, 9.17) is 23.4 Å². The first kappa shape index (κ1) is 33.4. The van der Waals surface area contributed by atoms with E-state index in [2.05, 4.69) is 101 Å². The van der Waals surface area contributed by atoms with Crippen LogP contribution in [0.5, 0.6) is 23.0 Å². The molecule has 1 aromatic heterocycles. The van der Waals surface area contributed by atoms with Crippen LogP contribution in [0.1, 0.15) is 74.8 Å². The van der Waals surface area contributed by atoms with Gasteiger partial charge in [0.2, 0.25) is 0 Å². The lowest BCUT2D eigenvalue weighted by Crippen LogP contribution is -2.44. The van der Waals surface area contributed by atoms with Crippen molar-refractivity contribution in [3.05, 3.63) is 137 Å². The van der Waals surface area contributed by atoms with Crippen molar-refractivity contribution < 1.29 is 23.4 Å². The summed E-state index contributed by atoms with van der Waals surface area (Å²) >= 11 is 0. The molecule has 0 saturated heterocycles. The summed E-state index contributed by atoms with van der Waals surface area (Å²) in [5.74, 6) is 3.95. The SMILES string of the molecule is COc1ccc(C2(c3ccc(OC)cc3)C=Cc3c4c(c5cc(OC)c(-c6ccco6)cc5c3O2)-c2ccccc2C42CC(C)(C)CC(C)(C)C2)cc1. The van der Waals surface area contributed by atoms with Crippen molar-refractivity contribution in [1.82, 2.24) is 0 Å². The fourth-order valence-corrected chi connectivity index (χ4v) is 10.6. The molecule has 1 spiro atoms. The Labute approximate surface area is 312 Å². The first-order chi connectivity index (χ1) is 25.5. The molecule has 0 amide bonds. The second-order valence-electron chi connectivity index (χ2n) is 16.7. The van der Waals surface area contributed by atoms with Gasteiger partial charge in [0, 0.05) is 27.5 Å². The van der Waals surface area contributed by atoms with Crippen LogP contribution in [0.4, 0.5) is 0 Å². The van der Waals surface area contributed by atoms with Gasteiger partial charge in [-0.2, -0.15) is 0 Å². The van der Waals surface area contributed by atoms with Gasteiger partial charge in [0.1, 0.15) is 28.8 Å². The molecule has 6 aromatic rings. The van der Waals surface area contributed by atoms with E-state index in [1.165, 1.54) is 28.7 Å². The molecule has 2 aliphatic carbocycles. The number of ether oxygens (including phenoxy) is 4. The fraction of sp³-hybridized carbons (Fsp3) is 0.292. The van der Waals surface area contributed by atoms with Crippen LogP contribution in [0.2, 0.25) is 0 Å². The number of methoxy groups -OCH3 is 3. The number of furan rings is 1. The lowest BCUT2D eigenvalue weighted by atomic mass is 9.52. The van der Waals surface area contributed by atoms with Crippen LogP contribution in [-0.2, 0) is 11.0 Å². The van der Waals surface area contributed by atoms with Gasteiger partial charge in [-0.3, -0.25) is 0 Å². The summed E-state index contributed by atoms with van der Waals surface area (Å²) in [6.45, 7) is 9.81. The minimum absolute atomic E-state index is 0.119. The van der Waals surface area contributed by atoms with Gasteiger partial charge in [0.15, 0.2) is 5.60 Å². The first-order valence-corrected chi connectivity index (χ1v) is 18.5. The summed E-state index contributed by atoms with van der Waals surface area (Å²) in [6.07, 6.45) is 9.58. The molecular formula is C48H46O5. The average Bonchev–Trinajstić information content (AvgIpc) is 3.79. The summed E-state index contributed by atoms with van der Waals surface area (Å²) in [6, 6.07) is 33.9. The maximum Gasteiger partial charge on any atom is 0.178 e. The summed E-state index contributed by atoms with van der Waals surface area (Å²) < 4.78 is 31.1. The zero-order chi connectivity index (χ0) is 36.8. The highest BCUT2D eigenvalue weighted by atomic mass is 16.5. The maximum absolute atomic E-state index is 7.72. The lowest BCUT2D eigenvalue weighted by Gasteiger charge is -2.52. The molecule has 0 unspecified atom stereocenters. The number of hydrogen-bond donors (Lipinski definition) is 0. The van der Waals surface area contributed by atoms with Gasteiger partial charge in [0.05, 0.1) is 33.2 Å². The second-order valence-corrected chi connectivity index (χ2v) is 16.7. The molecule has 5 nitrogen and oxygen atoms in total. The Morgan fingerprint density at radius 1 is 0.623 bits per heavy atom. The van der Waals surface area contributed by atoms with E-state index in [9.17, 15) is 0 Å². The molecule has 5 aromatic carbocycles. The molecule has 0 radical (unpaired) electrons. The molecule has 0 N–H and O–H groups in total. The standard InChI is InChI=1S/C48H46O5/c1-45(2)27-46(3,4)29-47(28-45)39-12-9-8-11-34(39)42-36-26-41(51-7)38(40-13-10-24-52-40)25-37(36)44-35(43(42)47)22-23-48(53-44,30-14-18-32(49-5)19-15-30)31-16-20-33(50-6)21-17-31/h8-26H,27-29H2,1-7H3. The quantitative estimate of drug-likeness (QED) is 0.173. The fourth-order valence-electron chi connectivity index (χ4n) is 10.6. The zero-order valence-corrected chi connectivity index (χ0v) is 31.6. The van der Waals surface area contributed by atoms with E-state index in [1.807, 2.05) is 36.4 Å².